The molecule has 5 N–H and O–H groups in total. The van der Waals surface area contributed by atoms with E-state index in [1.54, 1.807) is 18.2 Å². The van der Waals surface area contributed by atoms with Crippen LogP contribution in [0.4, 0.5) is 11.4 Å². The van der Waals surface area contributed by atoms with Crippen LogP contribution in [0.3, 0.4) is 0 Å². The van der Waals surface area contributed by atoms with Crippen molar-refractivity contribution in [3.05, 3.63) is 23.8 Å². The summed E-state index contributed by atoms with van der Waals surface area (Å²) < 4.78 is 0. The summed E-state index contributed by atoms with van der Waals surface area (Å²) in [5, 5.41) is 2.93. The van der Waals surface area contributed by atoms with Crippen molar-refractivity contribution in [2.75, 3.05) is 23.7 Å². The van der Waals surface area contributed by atoms with E-state index in [0.29, 0.717) is 11.3 Å². The molecule has 1 fully saturated rings. The van der Waals surface area contributed by atoms with E-state index in [2.05, 4.69) is 10.2 Å². The first-order valence-electron chi connectivity index (χ1n) is 6.68. The Morgan fingerprint density at radius 3 is 2.50 bits per heavy atom. The summed E-state index contributed by atoms with van der Waals surface area (Å²) in [4.78, 5) is 24.4. The van der Waals surface area contributed by atoms with Gasteiger partial charge in [-0.05, 0) is 31.0 Å². The number of primary amides is 1. The zero-order chi connectivity index (χ0) is 14.7. The van der Waals surface area contributed by atoms with E-state index in [9.17, 15) is 9.59 Å². The van der Waals surface area contributed by atoms with E-state index in [-0.39, 0.29) is 11.9 Å². The van der Waals surface area contributed by atoms with Crippen LogP contribution in [0.1, 0.15) is 30.1 Å². The molecule has 108 valence electrons. The number of nitrogens with two attached hydrogens (primary N) is 2. The highest BCUT2D eigenvalue weighted by atomic mass is 16.1. The number of rotatable bonds is 3. The molecule has 6 nitrogen and oxygen atoms in total. The van der Waals surface area contributed by atoms with Crippen LogP contribution >= 0.6 is 0 Å². The molecule has 0 aliphatic carbocycles. The lowest BCUT2D eigenvalue weighted by Gasteiger charge is -2.34. The number of carbonyl (C=O) groups excluding carboxylic acids is 2. The number of nitrogens with one attached hydrogen (secondary N) is 1. The smallest absolute Gasteiger partial charge is 0.248 e. The number of hydrogen-bond acceptors (Lipinski definition) is 4. The molecular formula is C14H20N4O2. The minimum absolute atomic E-state index is 0.00121. The molecule has 0 aromatic heterocycles. The fraction of sp³-hybridized carbons (Fsp3) is 0.429. The topological polar surface area (TPSA) is 101 Å². The Balaban J connectivity index is 2.08. The van der Waals surface area contributed by atoms with Crippen molar-refractivity contribution in [3.8, 4) is 0 Å². The lowest BCUT2D eigenvalue weighted by atomic mass is 10.0. The summed E-state index contributed by atoms with van der Waals surface area (Å²) in [5.74, 6) is -0.460. The second-order valence-electron chi connectivity index (χ2n) is 5.10. The Labute approximate surface area is 118 Å². The number of hydrogen-bond donors (Lipinski definition) is 3. The molecule has 20 heavy (non-hydrogen) atoms. The van der Waals surface area contributed by atoms with Gasteiger partial charge in [-0.2, -0.15) is 0 Å². The fourth-order valence-corrected chi connectivity index (χ4v) is 2.52. The highest BCUT2D eigenvalue weighted by Crippen LogP contribution is 2.27. The van der Waals surface area contributed by atoms with Crippen molar-refractivity contribution < 1.29 is 9.59 Å². The van der Waals surface area contributed by atoms with Crippen molar-refractivity contribution in [3.63, 3.8) is 0 Å². The molecule has 1 aromatic carbocycles. The third kappa shape index (κ3) is 3.20. The van der Waals surface area contributed by atoms with Gasteiger partial charge in [0.1, 0.15) is 0 Å². The van der Waals surface area contributed by atoms with Crippen LogP contribution in [0.25, 0.3) is 0 Å². The van der Waals surface area contributed by atoms with Gasteiger partial charge in [-0.3, -0.25) is 9.59 Å². The third-order valence-electron chi connectivity index (χ3n) is 3.56. The fourth-order valence-electron chi connectivity index (χ4n) is 2.52. The van der Waals surface area contributed by atoms with Gasteiger partial charge in [0.25, 0.3) is 0 Å². The summed E-state index contributed by atoms with van der Waals surface area (Å²) in [6, 6.07) is 5.28. The number of piperidine rings is 1. The van der Waals surface area contributed by atoms with Gasteiger partial charge in [0.15, 0.2) is 0 Å². The van der Waals surface area contributed by atoms with Gasteiger partial charge in [0.05, 0.1) is 11.4 Å². The van der Waals surface area contributed by atoms with E-state index in [4.69, 9.17) is 11.5 Å². The number of nitrogens with zero attached hydrogens (tertiary/aromatic N) is 1. The summed E-state index contributed by atoms with van der Waals surface area (Å²) in [6.45, 7) is 3.11. The zero-order valence-electron chi connectivity index (χ0n) is 11.6. The standard InChI is InChI=1S/C14H20N4O2/c1-9(19)17-11-4-6-18(7-5-11)13-8-10(14(16)20)2-3-12(13)15/h2-3,8,11H,4-7,15H2,1H3,(H2,16,20)(H,17,19). The Hall–Kier alpha value is -2.24. The first kappa shape index (κ1) is 14.2. The van der Waals surface area contributed by atoms with E-state index in [1.165, 1.54) is 6.92 Å². The highest BCUT2D eigenvalue weighted by molar-refractivity contribution is 5.95. The van der Waals surface area contributed by atoms with E-state index >= 15 is 0 Å². The molecule has 6 heteroatoms. The van der Waals surface area contributed by atoms with E-state index in [1.807, 2.05) is 0 Å². The first-order valence-corrected chi connectivity index (χ1v) is 6.68. The maximum atomic E-state index is 11.2. The molecule has 2 rings (SSSR count). The van der Waals surface area contributed by atoms with Crippen LogP contribution in [0.5, 0.6) is 0 Å². The van der Waals surface area contributed by atoms with Crippen LogP contribution < -0.4 is 21.7 Å². The monoisotopic (exact) mass is 276 g/mol. The average molecular weight is 276 g/mol. The van der Waals surface area contributed by atoms with Crippen molar-refractivity contribution >= 4 is 23.2 Å². The Morgan fingerprint density at radius 1 is 1.30 bits per heavy atom. The van der Waals surface area contributed by atoms with Crippen molar-refractivity contribution in [2.24, 2.45) is 5.73 Å². The molecule has 0 bridgehead atoms. The highest BCUT2D eigenvalue weighted by Gasteiger charge is 2.21. The second kappa shape index (κ2) is 5.81. The molecule has 1 saturated heterocycles. The predicted octanol–water partition coefficient (Wildman–Crippen LogP) is 0.473. The molecule has 0 atom stereocenters. The molecule has 2 amide bonds. The average Bonchev–Trinajstić information content (AvgIpc) is 2.39. The maximum absolute atomic E-state index is 11.2. The number of benzene rings is 1. The lowest BCUT2D eigenvalue weighted by molar-refractivity contribution is -0.119. The van der Waals surface area contributed by atoms with Gasteiger partial charge < -0.3 is 21.7 Å². The second-order valence-corrected chi connectivity index (χ2v) is 5.10. The predicted molar refractivity (Wildman–Crippen MR) is 78.4 cm³/mol. The molecular weight excluding hydrogens is 256 g/mol. The third-order valence-corrected chi connectivity index (χ3v) is 3.56. The van der Waals surface area contributed by atoms with E-state index in [0.717, 1.165) is 31.6 Å². The normalized spacial score (nSPS) is 15.9. The van der Waals surface area contributed by atoms with Crippen molar-refractivity contribution in [1.82, 2.24) is 5.32 Å². The summed E-state index contributed by atoms with van der Waals surface area (Å²) in [7, 11) is 0. The van der Waals surface area contributed by atoms with Gasteiger partial charge in [0, 0.05) is 31.6 Å². The van der Waals surface area contributed by atoms with Gasteiger partial charge >= 0.3 is 0 Å². The Kier molecular flexibility index (Phi) is 4.12. The van der Waals surface area contributed by atoms with Crippen LogP contribution in [0.15, 0.2) is 18.2 Å². The molecule has 1 aliphatic rings. The van der Waals surface area contributed by atoms with Crippen molar-refractivity contribution in [1.29, 1.82) is 0 Å². The summed E-state index contributed by atoms with van der Waals surface area (Å²) in [6.07, 6.45) is 1.72. The molecule has 0 radical (unpaired) electrons. The van der Waals surface area contributed by atoms with Gasteiger partial charge in [-0.25, -0.2) is 0 Å². The number of amides is 2. The van der Waals surface area contributed by atoms with Gasteiger partial charge in [-0.1, -0.05) is 0 Å². The minimum Gasteiger partial charge on any atom is -0.397 e. The maximum Gasteiger partial charge on any atom is 0.248 e. The molecule has 0 saturated carbocycles. The molecule has 1 aliphatic heterocycles. The minimum atomic E-state index is -0.459. The van der Waals surface area contributed by atoms with Gasteiger partial charge in [-0.15, -0.1) is 0 Å². The number of carbonyl (C=O) groups is 2. The molecule has 1 aromatic rings. The summed E-state index contributed by atoms with van der Waals surface area (Å²) >= 11 is 0. The zero-order valence-corrected chi connectivity index (χ0v) is 11.6. The van der Waals surface area contributed by atoms with Crippen LogP contribution in [0.2, 0.25) is 0 Å². The molecule has 0 spiro atoms. The van der Waals surface area contributed by atoms with Gasteiger partial charge in [0.2, 0.25) is 11.8 Å². The largest absolute Gasteiger partial charge is 0.397 e. The van der Waals surface area contributed by atoms with E-state index < -0.39 is 5.91 Å². The molecule has 0 unspecified atom stereocenters. The summed E-state index contributed by atoms with van der Waals surface area (Å²) in [5.41, 5.74) is 13.2. The Bertz CT molecular complexity index is 522. The lowest BCUT2D eigenvalue weighted by Crippen LogP contribution is -2.44. The number of nitrogen functional groups attached to an aromatic ring is 1. The SMILES string of the molecule is CC(=O)NC1CCN(c2cc(C(N)=O)ccc2N)CC1. The van der Waals surface area contributed by atoms with Crippen molar-refractivity contribution in [2.45, 2.75) is 25.8 Å². The number of anilines is 2. The first-order chi connectivity index (χ1) is 9.47. The quantitative estimate of drug-likeness (QED) is 0.698. The van der Waals surface area contributed by atoms with Crippen LogP contribution in [-0.2, 0) is 4.79 Å². The van der Waals surface area contributed by atoms with Crippen LogP contribution in [0, 0.1) is 0 Å². The molecule has 1 heterocycles. The van der Waals surface area contributed by atoms with Crippen LogP contribution in [-0.4, -0.2) is 30.9 Å². The Morgan fingerprint density at radius 2 is 1.95 bits per heavy atom.